The van der Waals surface area contributed by atoms with E-state index in [2.05, 4.69) is 0 Å². The zero-order valence-electron chi connectivity index (χ0n) is 20.6. The number of benzene rings is 2. The molecular formula is C24H25Cl3O10S. The van der Waals surface area contributed by atoms with Crippen molar-refractivity contribution in [2.75, 3.05) is 25.7 Å². The molecule has 0 heterocycles. The average Bonchev–Trinajstić information content (AvgIpc) is 2.83. The van der Waals surface area contributed by atoms with Crippen molar-refractivity contribution in [1.29, 1.82) is 0 Å². The molecule has 10 nitrogen and oxygen atoms in total. The zero-order valence-corrected chi connectivity index (χ0v) is 23.7. The second kappa shape index (κ2) is 14.4. The molecule has 0 saturated carbocycles. The van der Waals surface area contributed by atoms with E-state index >= 15 is 0 Å². The van der Waals surface area contributed by atoms with Crippen LogP contribution in [0.1, 0.15) is 20.8 Å². The highest BCUT2D eigenvalue weighted by atomic mass is 35.5. The molecule has 0 spiro atoms. The standard InChI is InChI=1S/C24H25Cl3O10S/c1-14(28)33-12-19(37-16(3)30)13-35-24-22(26)8-21(9-23(24)27)38(31,32)20-6-4-17(5-7-20)34-11-18(10-25)36-15(2)29/h4-9,18-19H,10-13H2,1-3H3/t18-,19+/m1/s1. The van der Waals surface area contributed by atoms with E-state index in [1.165, 1.54) is 57.2 Å². The Hall–Kier alpha value is -2.73. The third kappa shape index (κ3) is 9.54. The Morgan fingerprint density at radius 2 is 1.29 bits per heavy atom. The summed E-state index contributed by atoms with van der Waals surface area (Å²) in [6, 6.07) is 7.86. The zero-order chi connectivity index (χ0) is 28.5. The van der Waals surface area contributed by atoms with E-state index < -0.39 is 40.0 Å². The number of sulfone groups is 1. The van der Waals surface area contributed by atoms with E-state index in [4.69, 9.17) is 58.5 Å². The molecule has 2 aromatic carbocycles. The first-order valence-corrected chi connectivity index (χ1v) is 13.7. The van der Waals surface area contributed by atoms with Crippen LogP contribution < -0.4 is 9.47 Å². The SMILES string of the molecule is CC(=O)OC[C@@H](COc1c(Cl)cc(S(=O)(=O)c2ccc(OC[C@@H](CCl)OC(C)=O)cc2)cc1Cl)OC(C)=O. The molecule has 0 radical (unpaired) electrons. The summed E-state index contributed by atoms with van der Waals surface area (Å²) in [6.45, 7) is 3.10. The van der Waals surface area contributed by atoms with Gasteiger partial charge in [-0.25, -0.2) is 8.42 Å². The van der Waals surface area contributed by atoms with Gasteiger partial charge in [0.25, 0.3) is 0 Å². The lowest BCUT2D eigenvalue weighted by molar-refractivity contribution is -0.158. The van der Waals surface area contributed by atoms with Gasteiger partial charge in [-0.3, -0.25) is 14.4 Å². The quantitative estimate of drug-likeness (QED) is 0.184. The van der Waals surface area contributed by atoms with Crippen molar-refractivity contribution in [2.24, 2.45) is 0 Å². The van der Waals surface area contributed by atoms with Gasteiger partial charge in [-0.15, -0.1) is 11.6 Å². The molecule has 0 amide bonds. The van der Waals surface area contributed by atoms with Crippen LogP contribution in [0.3, 0.4) is 0 Å². The Morgan fingerprint density at radius 3 is 1.79 bits per heavy atom. The van der Waals surface area contributed by atoms with Crippen molar-refractivity contribution < 1.29 is 46.5 Å². The molecular weight excluding hydrogens is 587 g/mol. The molecule has 2 aromatic rings. The second-order valence-electron chi connectivity index (χ2n) is 7.73. The van der Waals surface area contributed by atoms with Crippen molar-refractivity contribution in [1.82, 2.24) is 0 Å². The summed E-state index contributed by atoms with van der Waals surface area (Å²) in [6.07, 6.45) is -1.60. The summed E-state index contributed by atoms with van der Waals surface area (Å²) < 4.78 is 52.2. The van der Waals surface area contributed by atoms with Gasteiger partial charge in [-0.05, 0) is 36.4 Å². The van der Waals surface area contributed by atoms with E-state index in [1.54, 1.807) is 0 Å². The molecule has 0 aliphatic carbocycles. The van der Waals surface area contributed by atoms with Gasteiger partial charge < -0.3 is 23.7 Å². The fraction of sp³-hybridized carbons (Fsp3) is 0.375. The van der Waals surface area contributed by atoms with Gasteiger partial charge in [0.05, 0.1) is 25.7 Å². The molecule has 0 unspecified atom stereocenters. The largest absolute Gasteiger partial charge is 0.490 e. The van der Waals surface area contributed by atoms with Crippen molar-refractivity contribution >= 4 is 62.5 Å². The summed E-state index contributed by atoms with van der Waals surface area (Å²) in [5.41, 5.74) is 0. The minimum atomic E-state index is -4.03. The maximum absolute atomic E-state index is 13.2. The van der Waals surface area contributed by atoms with Crippen LogP contribution in [-0.4, -0.2) is 64.2 Å². The molecule has 14 heteroatoms. The summed E-state index contributed by atoms with van der Waals surface area (Å²) in [5, 5.41) is -0.217. The van der Waals surface area contributed by atoms with Gasteiger partial charge in [0.15, 0.2) is 11.9 Å². The molecule has 0 bridgehead atoms. The van der Waals surface area contributed by atoms with Crippen LogP contribution in [0, 0.1) is 0 Å². The summed E-state index contributed by atoms with van der Waals surface area (Å²) >= 11 is 18.3. The molecule has 0 fully saturated rings. The highest BCUT2D eigenvalue weighted by Crippen LogP contribution is 2.37. The topological polar surface area (TPSA) is 132 Å². The number of esters is 3. The van der Waals surface area contributed by atoms with Crippen LogP contribution in [0.5, 0.6) is 11.5 Å². The number of ether oxygens (including phenoxy) is 5. The monoisotopic (exact) mass is 610 g/mol. The molecule has 0 N–H and O–H groups in total. The lowest BCUT2D eigenvalue weighted by atomic mass is 10.3. The molecule has 38 heavy (non-hydrogen) atoms. The van der Waals surface area contributed by atoms with Crippen molar-refractivity contribution in [3.8, 4) is 11.5 Å². The second-order valence-corrected chi connectivity index (χ2v) is 10.8. The van der Waals surface area contributed by atoms with E-state index in [-0.39, 0.29) is 51.3 Å². The van der Waals surface area contributed by atoms with Crippen LogP contribution in [0.4, 0.5) is 0 Å². The first kappa shape index (κ1) is 31.5. The maximum Gasteiger partial charge on any atom is 0.303 e. The number of halogens is 3. The highest BCUT2D eigenvalue weighted by Gasteiger charge is 2.23. The number of hydrogen-bond acceptors (Lipinski definition) is 10. The van der Waals surface area contributed by atoms with Crippen molar-refractivity contribution in [2.45, 2.75) is 42.8 Å². The van der Waals surface area contributed by atoms with E-state index in [1.807, 2.05) is 0 Å². The Kier molecular flexibility index (Phi) is 12.0. The molecule has 0 saturated heterocycles. The van der Waals surface area contributed by atoms with Crippen molar-refractivity contribution in [3.63, 3.8) is 0 Å². The summed E-state index contributed by atoms with van der Waals surface area (Å²) in [4.78, 5) is 33.2. The Morgan fingerprint density at radius 1 is 0.763 bits per heavy atom. The minimum Gasteiger partial charge on any atom is -0.490 e. The van der Waals surface area contributed by atoms with Gasteiger partial charge in [0, 0.05) is 20.8 Å². The van der Waals surface area contributed by atoms with E-state index in [9.17, 15) is 22.8 Å². The minimum absolute atomic E-state index is 0.0129. The normalized spacial score (nSPS) is 12.7. The van der Waals surface area contributed by atoms with Crippen LogP contribution in [0.25, 0.3) is 0 Å². The molecule has 0 aromatic heterocycles. The van der Waals surface area contributed by atoms with Gasteiger partial charge >= 0.3 is 17.9 Å². The van der Waals surface area contributed by atoms with Crippen molar-refractivity contribution in [3.05, 3.63) is 46.4 Å². The Labute approximate surface area is 234 Å². The maximum atomic E-state index is 13.2. The lowest BCUT2D eigenvalue weighted by Gasteiger charge is -2.19. The van der Waals surface area contributed by atoms with E-state index in [0.29, 0.717) is 5.75 Å². The fourth-order valence-corrected chi connectivity index (χ4v) is 5.14. The van der Waals surface area contributed by atoms with Crippen LogP contribution in [-0.2, 0) is 38.4 Å². The predicted molar refractivity (Wildman–Crippen MR) is 138 cm³/mol. The van der Waals surface area contributed by atoms with E-state index in [0.717, 1.165) is 0 Å². The summed E-state index contributed by atoms with van der Waals surface area (Å²) in [5.74, 6) is -1.37. The molecule has 2 atom stereocenters. The van der Waals surface area contributed by atoms with Gasteiger partial charge in [-0.2, -0.15) is 0 Å². The third-order valence-corrected chi connectivity index (χ3v) is 7.23. The lowest BCUT2D eigenvalue weighted by Crippen LogP contribution is -2.30. The number of carbonyl (C=O) groups excluding carboxylic acids is 3. The first-order valence-electron chi connectivity index (χ1n) is 11.0. The number of rotatable bonds is 13. The first-order chi connectivity index (χ1) is 17.8. The number of carbonyl (C=O) groups is 3. The van der Waals surface area contributed by atoms with Crippen LogP contribution >= 0.6 is 34.8 Å². The number of hydrogen-bond donors (Lipinski definition) is 0. The highest BCUT2D eigenvalue weighted by molar-refractivity contribution is 7.91. The summed E-state index contributed by atoms with van der Waals surface area (Å²) in [7, 11) is -4.03. The van der Waals surface area contributed by atoms with Crippen LogP contribution in [0.2, 0.25) is 10.0 Å². The molecule has 208 valence electrons. The molecule has 0 aliphatic rings. The Bertz CT molecular complexity index is 1230. The van der Waals surface area contributed by atoms with Gasteiger partial charge in [0.2, 0.25) is 9.84 Å². The number of alkyl halides is 1. The Balaban J connectivity index is 2.15. The third-order valence-electron chi connectivity index (χ3n) is 4.58. The predicted octanol–water partition coefficient (Wildman–Crippen LogP) is 4.25. The molecule has 0 aliphatic heterocycles. The van der Waals surface area contributed by atoms with Gasteiger partial charge in [0.1, 0.15) is 31.7 Å². The smallest absolute Gasteiger partial charge is 0.303 e. The fourth-order valence-electron chi connectivity index (χ4n) is 2.95. The molecule has 2 rings (SSSR count). The average molecular weight is 612 g/mol. The van der Waals surface area contributed by atoms with Crippen LogP contribution in [0.15, 0.2) is 46.2 Å². The van der Waals surface area contributed by atoms with Gasteiger partial charge in [-0.1, -0.05) is 23.2 Å².